The van der Waals surface area contributed by atoms with Crippen molar-refractivity contribution in [2.45, 2.75) is 12.8 Å². The minimum absolute atomic E-state index is 0.273. The van der Waals surface area contributed by atoms with Crippen molar-refractivity contribution < 1.29 is 5.11 Å². The number of aliphatic hydroxyl groups excluding tert-OH is 1. The monoisotopic (exact) mass is 135 g/mol. The second-order valence-corrected chi connectivity index (χ2v) is 2.24. The molecule has 0 aliphatic rings. The number of benzene rings is 1. The van der Waals surface area contributed by atoms with Crippen molar-refractivity contribution >= 4 is 0 Å². The van der Waals surface area contributed by atoms with Crippen LogP contribution in [-0.4, -0.2) is 11.7 Å². The van der Waals surface area contributed by atoms with Crippen molar-refractivity contribution in [1.29, 1.82) is 0 Å². The fourth-order valence-electron chi connectivity index (χ4n) is 0.869. The van der Waals surface area contributed by atoms with Crippen molar-refractivity contribution in [2.24, 2.45) is 0 Å². The van der Waals surface area contributed by atoms with Gasteiger partial charge in [-0.1, -0.05) is 24.3 Å². The first-order valence-corrected chi connectivity index (χ1v) is 3.49. The molecule has 0 saturated heterocycles. The lowest BCUT2D eigenvalue weighted by Gasteiger charge is -1.95. The zero-order chi connectivity index (χ0) is 7.23. The first kappa shape index (κ1) is 7.29. The minimum atomic E-state index is 0.273. The Labute approximate surface area is 61.3 Å². The maximum absolute atomic E-state index is 8.52. The number of aliphatic hydroxyl groups is 1. The molecule has 0 atom stereocenters. The lowest BCUT2D eigenvalue weighted by molar-refractivity contribution is 0.288. The highest BCUT2D eigenvalue weighted by molar-refractivity contribution is 5.13. The highest BCUT2D eigenvalue weighted by atomic mass is 16.2. The summed E-state index contributed by atoms with van der Waals surface area (Å²) >= 11 is 0. The topological polar surface area (TPSA) is 20.2 Å². The SMILES string of the molecule is OCCCc1c[c]ccc1. The molecule has 1 rings (SSSR count). The van der Waals surface area contributed by atoms with Crippen LogP contribution in [0.15, 0.2) is 24.3 Å². The largest absolute Gasteiger partial charge is 0.396 e. The van der Waals surface area contributed by atoms with Crippen LogP contribution in [0.1, 0.15) is 12.0 Å². The minimum Gasteiger partial charge on any atom is -0.396 e. The molecular formula is C9H11O. The Morgan fingerprint density at radius 3 is 3.00 bits per heavy atom. The average Bonchev–Trinajstić information content (AvgIpc) is 2.03. The van der Waals surface area contributed by atoms with Crippen LogP contribution in [0.5, 0.6) is 0 Å². The van der Waals surface area contributed by atoms with Gasteiger partial charge in [0.05, 0.1) is 0 Å². The second kappa shape index (κ2) is 4.07. The van der Waals surface area contributed by atoms with Gasteiger partial charge in [-0.3, -0.25) is 0 Å². The number of hydrogen-bond acceptors (Lipinski definition) is 1. The van der Waals surface area contributed by atoms with Crippen molar-refractivity contribution in [2.75, 3.05) is 6.61 Å². The van der Waals surface area contributed by atoms with Gasteiger partial charge in [0.25, 0.3) is 0 Å². The van der Waals surface area contributed by atoms with E-state index >= 15 is 0 Å². The molecule has 1 aromatic rings. The molecule has 0 amide bonds. The lowest BCUT2D eigenvalue weighted by Crippen LogP contribution is -1.87. The molecule has 0 unspecified atom stereocenters. The van der Waals surface area contributed by atoms with E-state index in [4.69, 9.17) is 5.11 Å². The van der Waals surface area contributed by atoms with Gasteiger partial charge in [0, 0.05) is 6.61 Å². The number of hydrogen-bond donors (Lipinski definition) is 1. The number of rotatable bonds is 3. The molecule has 0 fully saturated rings. The second-order valence-electron chi connectivity index (χ2n) is 2.24. The standard InChI is InChI=1S/C9H11O/c10-8-4-7-9-5-2-1-3-6-9/h1-2,5-6,10H,4,7-8H2. The van der Waals surface area contributed by atoms with Gasteiger partial charge in [-0.15, -0.1) is 0 Å². The van der Waals surface area contributed by atoms with Gasteiger partial charge in [0.1, 0.15) is 0 Å². The van der Waals surface area contributed by atoms with E-state index in [-0.39, 0.29) is 6.61 Å². The van der Waals surface area contributed by atoms with E-state index in [2.05, 4.69) is 6.07 Å². The molecule has 1 N–H and O–H groups in total. The third kappa shape index (κ3) is 2.19. The Hall–Kier alpha value is -0.820. The maximum atomic E-state index is 8.52. The van der Waals surface area contributed by atoms with Crippen LogP contribution >= 0.6 is 0 Å². The van der Waals surface area contributed by atoms with Gasteiger partial charge in [-0.25, -0.2) is 0 Å². The van der Waals surface area contributed by atoms with E-state index in [9.17, 15) is 0 Å². The van der Waals surface area contributed by atoms with Gasteiger partial charge in [0.2, 0.25) is 0 Å². The van der Waals surface area contributed by atoms with Crippen LogP contribution in [0.2, 0.25) is 0 Å². The van der Waals surface area contributed by atoms with Gasteiger partial charge < -0.3 is 5.11 Å². The van der Waals surface area contributed by atoms with Crippen LogP contribution in [0.3, 0.4) is 0 Å². The summed E-state index contributed by atoms with van der Waals surface area (Å²) in [5.74, 6) is 0. The van der Waals surface area contributed by atoms with Crippen LogP contribution < -0.4 is 0 Å². The van der Waals surface area contributed by atoms with E-state index < -0.39 is 0 Å². The predicted octanol–water partition coefficient (Wildman–Crippen LogP) is 1.41. The normalized spacial score (nSPS) is 9.70. The Morgan fingerprint density at radius 1 is 1.50 bits per heavy atom. The zero-order valence-electron chi connectivity index (χ0n) is 5.88. The van der Waals surface area contributed by atoms with E-state index in [1.165, 1.54) is 5.56 Å². The Morgan fingerprint density at radius 2 is 2.40 bits per heavy atom. The van der Waals surface area contributed by atoms with Crippen LogP contribution in [0.4, 0.5) is 0 Å². The quantitative estimate of drug-likeness (QED) is 0.664. The zero-order valence-corrected chi connectivity index (χ0v) is 5.88. The van der Waals surface area contributed by atoms with E-state index in [0.29, 0.717) is 0 Å². The van der Waals surface area contributed by atoms with Gasteiger partial charge in [0.15, 0.2) is 0 Å². The molecule has 0 spiro atoms. The van der Waals surface area contributed by atoms with Crippen LogP contribution in [0.25, 0.3) is 0 Å². The van der Waals surface area contributed by atoms with Crippen LogP contribution in [-0.2, 0) is 6.42 Å². The average molecular weight is 135 g/mol. The Kier molecular flexibility index (Phi) is 2.97. The van der Waals surface area contributed by atoms with Gasteiger partial charge >= 0.3 is 0 Å². The van der Waals surface area contributed by atoms with Crippen molar-refractivity contribution in [3.8, 4) is 0 Å². The molecular weight excluding hydrogens is 124 g/mol. The Balaban J connectivity index is 2.43. The van der Waals surface area contributed by atoms with E-state index in [0.717, 1.165) is 12.8 Å². The van der Waals surface area contributed by atoms with Crippen molar-refractivity contribution in [1.82, 2.24) is 0 Å². The third-order valence-corrected chi connectivity index (χ3v) is 1.40. The molecule has 0 saturated carbocycles. The predicted molar refractivity (Wildman–Crippen MR) is 40.7 cm³/mol. The summed E-state index contributed by atoms with van der Waals surface area (Å²) in [6.45, 7) is 0.273. The molecule has 1 heteroatoms. The summed E-state index contributed by atoms with van der Waals surface area (Å²) in [7, 11) is 0. The molecule has 1 nitrogen and oxygen atoms in total. The summed E-state index contributed by atoms with van der Waals surface area (Å²) in [5, 5.41) is 8.52. The first-order valence-electron chi connectivity index (χ1n) is 3.49. The molecule has 1 aromatic carbocycles. The summed E-state index contributed by atoms with van der Waals surface area (Å²) in [6.07, 6.45) is 1.80. The molecule has 53 valence electrons. The summed E-state index contributed by atoms with van der Waals surface area (Å²) in [6, 6.07) is 10.8. The molecule has 0 aromatic heterocycles. The van der Waals surface area contributed by atoms with Gasteiger partial charge in [-0.2, -0.15) is 0 Å². The molecule has 0 aliphatic carbocycles. The molecule has 1 radical (unpaired) electrons. The van der Waals surface area contributed by atoms with Crippen molar-refractivity contribution in [3.05, 3.63) is 35.9 Å². The van der Waals surface area contributed by atoms with E-state index in [1.54, 1.807) is 0 Å². The molecule has 0 aliphatic heterocycles. The first-order chi connectivity index (χ1) is 4.93. The fourth-order valence-corrected chi connectivity index (χ4v) is 0.869. The highest BCUT2D eigenvalue weighted by Crippen LogP contribution is 2.00. The summed E-state index contributed by atoms with van der Waals surface area (Å²) < 4.78 is 0. The van der Waals surface area contributed by atoms with Crippen molar-refractivity contribution in [3.63, 3.8) is 0 Å². The van der Waals surface area contributed by atoms with E-state index in [1.807, 2.05) is 24.3 Å². The third-order valence-electron chi connectivity index (χ3n) is 1.40. The summed E-state index contributed by atoms with van der Waals surface area (Å²) in [4.78, 5) is 0. The molecule has 0 bridgehead atoms. The Bertz CT molecular complexity index is 169. The molecule has 10 heavy (non-hydrogen) atoms. The maximum Gasteiger partial charge on any atom is 0.0434 e. The molecule has 0 heterocycles. The van der Waals surface area contributed by atoms with Crippen LogP contribution in [0, 0.1) is 6.07 Å². The van der Waals surface area contributed by atoms with Gasteiger partial charge in [-0.05, 0) is 24.5 Å². The lowest BCUT2D eigenvalue weighted by atomic mass is 10.1. The summed E-state index contributed by atoms with van der Waals surface area (Å²) in [5.41, 5.74) is 1.25. The highest BCUT2D eigenvalue weighted by Gasteiger charge is 1.88. The number of aryl methyl sites for hydroxylation is 1. The smallest absolute Gasteiger partial charge is 0.0434 e. The fraction of sp³-hybridized carbons (Fsp3) is 0.333.